The van der Waals surface area contributed by atoms with E-state index in [1.54, 1.807) is 6.33 Å². The Kier molecular flexibility index (Phi) is 6.76. The normalized spacial score (nSPS) is 11.1. The maximum atomic E-state index is 4.68. The summed E-state index contributed by atoms with van der Waals surface area (Å²) >= 11 is 1.53. The number of benzene rings is 3. The molecule has 34 heavy (non-hydrogen) atoms. The number of rotatable bonds is 5. The first-order valence-corrected chi connectivity index (χ1v) is 12.7. The molecule has 0 saturated carbocycles. The Morgan fingerprint density at radius 1 is 0.706 bits per heavy atom. The van der Waals surface area contributed by atoms with E-state index in [1.807, 2.05) is 6.26 Å². The second kappa shape index (κ2) is 9.59. The molecule has 0 aliphatic rings. The van der Waals surface area contributed by atoms with E-state index < -0.39 is 0 Å². The number of anilines is 2. The van der Waals surface area contributed by atoms with Crippen LogP contribution in [0.25, 0.3) is 22.5 Å². The van der Waals surface area contributed by atoms with Crippen molar-refractivity contribution in [1.29, 1.82) is 0 Å². The Balaban J connectivity index is 1.74. The van der Waals surface area contributed by atoms with E-state index in [-0.39, 0.29) is 0 Å². The summed E-state index contributed by atoms with van der Waals surface area (Å²) in [6.45, 7) is 13.0. The summed E-state index contributed by atoms with van der Waals surface area (Å²) in [6.07, 6.45) is 3.59. The van der Waals surface area contributed by atoms with Gasteiger partial charge in [0.25, 0.3) is 0 Å². The molecule has 0 spiro atoms. The van der Waals surface area contributed by atoms with Gasteiger partial charge in [0.05, 0.1) is 0 Å². The maximum Gasteiger partial charge on any atom is 0.190 e. The van der Waals surface area contributed by atoms with Crippen LogP contribution in [0.15, 0.2) is 53.9 Å². The molecule has 4 nitrogen and oxygen atoms in total. The fraction of sp³-hybridized carbons (Fsp3) is 0.276. The highest BCUT2D eigenvalue weighted by molar-refractivity contribution is 7.98. The van der Waals surface area contributed by atoms with E-state index in [4.69, 9.17) is 0 Å². The molecule has 1 heterocycles. The van der Waals surface area contributed by atoms with E-state index in [0.717, 1.165) is 22.2 Å². The Hall–Kier alpha value is -3.18. The zero-order chi connectivity index (χ0) is 24.6. The Morgan fingerprint density at radius 3 is 1.85 bits per heavy atom. The van der Waals surface area contributed by atoms with Gasteiger partial charge in [-0.3, -0.25) is 0 Å². The highest BCUT2D eigenvalue weighted by Gasteiger charge is 2.21. The van der Waals surface area contributed by atoms with E-state index in [0.29, 0.717) is 0 Å². The van der Waals surface area contributed by atoms with Gasteiger partial charge in [0, 0.05) is 24.0 Å². The fourth-order valence-electron chi connectivity index (χ4n) is 4.78. The van der Waals surface area contributed by atoms with E-state index in [2.05, 4.69) is 111 Å². The number of nitrogens with zero attached hydrogens (tertiary/aromatic N) is 4. The molecular weight excluding hydrogens is 436 g/mol. The Bertz CT molecular complexity index is 1310. The number of aryl methyl sites for hydroxylation is 2. The topological polar surface area (TPSA) is 41.9 Å². The minimum atomic E-state index is 0.740. The number of aromatic nitrogens is 3. The van der Waals surface area contributed by atoms with Crippen LogP contribution in [-0.2, 0) is 0 Å². The van der Waals surface area contributed by atoms with E-state index in [9.17, 15) is 0 Å². The molecule has 0 radical (unpaired) electrons. The standard InChI is InChI=1S/C29H32N4S/c1-17-13-18(2)15-24(14-17)23-9-11-25(12-10-23)33(7)27-21(5)19(3)26(20(4)22(27)6)28-30-16-31-29(32-28)34-8/h9-16H,1-8H3. The molecule has 0 N–H and O–H groups in total. The van der Waals surface area contributed by atoms with Gasteiger partial charge in [0.2, 0.25) is 0 Å². The van der Waals surface area contributed by atoms with Crippen molar-refractivity contribution in [2.45, 2.75) is 46.7 Å². The second-order valence-electron chi connectivity index (χ2n) is 9.00. The monoisotopic (exact) mass is 468 g/mol. The van der Waals surface area contributed by atoms with E-state index >= 15 is 0 Å². The lowest BCUT2D eigenvalue weighted by molar-refractivity contribution is 0.910. The molecule has 0 atom stereocenters. The van der Waals surface area contributed by atoms with Crippen molar-refractivity contribution in [3.05, 3.63) is 82.2 Å². The zero-order valence-electron chi connectivity index (χ0n) is 21.3. The lowest BCUT2D eigenvalue weighted by atomic mass is 9.90. The van der Waals surface area contributed by atoms with Gasteiger partial charge in [-0.25, -0.2) is 15.0 Å². The van der Waals surface area contributed by atoms with Gasteiger partial charge >= 0.3 is 0 Å². The van der Waals surface area contributed by atoms with Crippen LogP contribution >= 0.6 is 11.8 Å². The predicted molar refractivity (Wildman–Crippen MR) is 145 cm³/mol. The molecule has 0 unspecified atom stereocenters. The van der Waals surface area contributed by atoms with Crippen LogP contribution in [0, 0.1) is 41.5 Å². The number of hydrogen-bond donors (Lipinski definition) is 0. The smallest absolute Gasteiger partial charge is 0.190 e. The summed E-state index contributed by atoms with van der Waals surface area (Å²) in [5.41, 5.74) is 13.5. The molecule has 3 aromatic carbocycles. The molecule has 0 amide bonds. The van der Waals surface area contributed by atoms with Crippen LogP contribution in [0.3, 0.4) is 0 Å². The van der Waals surface area contributed by atoms with Gasteiger partial charge < -0.3 is 4.90 Å². The van der Waals surface area contributed by atoms with Crippen molar-refractivity contribution < 1.29 is 0 Å². The van der Waals surface area contributed by atoms with Gasteiger partial charge in [-0.15, -0.1) is 0 Å². The molecule has 0 saturated heterocycles. The molecule has 0 bridgehead atoms. The van der Waals surface area contributed by atoms with Crippen molar-refractivity contribution in [2.24, 2.45) is 0 Å². The largest absolute Gasteiger partial charge is 0.344 e. The SMILES string of the molecule is CSc1ncnc(-c2c(C)c(C)c(N(C)c3ccc(-c4cc(C)cc(C)c4)cc3)c(C)c2C)n1. The average molecular weight is 469 g/mol. The first-order chi connectivity index (χ1) is 16.2. The molecule has 5 heteroatoms. The Labute approximate surface area is 207 Å². The van der Waals surface area contributed by atoms with Crippen molar-refractivity contribution in [2.75, 3.05) is 18.2 Å². The third-order valence-corrected chi connectivity index (χ3v) is 7.25. The third kappa shape index (κ3) is 4.45. The van der Waals surface area contributed by atoms with Crippen molar-refractivity contribution in [1.82, 2.24) is 15.0 Å². The fourth-order valence-corrected chi connectivity index (χ4v) is 5.11. The molecule has 1 aromatic heterocycles. The molecular formula is C29H32N4S. The van der Waals surface area contributed by atoms with Crippen LogP contribution in [0.1, 0.15) is 33.4 Å². The number of thioether (sulfide) groups is 1. The minimum Gasteiger partial charge on any atom is -0.344 e. The molecule has 0 aliphatic heterocycles. The molecule has 0 fully saturated rings. The van der Waals surface area contributed by atoms with Gasteiger partial charge in [-0.2, -0.15) is 0 Å². The highest BCUT2D eigenvalue weighted by atomic mass is 32.2. The first kappa shape index (κ1) is 24.0. The van der Waals surface area contributed by atoms with Gasteiger partial charge in [0.1, 0.15) is 6.33 Å². The highest BCUT2D eigenvalue weighted by Crippen LogP contribution is 2.40. The molecule has 174 valence electrons. The second-order valence-corrected chi connectivity index (χ2v) is 9.78. The summed E-state index contributed by atoms with van der Waals surface area (Å²) in [4.78, 5) is 15.7. The van der Waals surface area contributed by atoms with Crippen LogP contribution in [0.4, 0.5) is 11.4 Å². The summed E-state index contributed by atoms with van der Waals surface area (Å²) in [5, 5.41) is 0.740. The van der Waals surface area contributed by atoms with Gasteiger partial charge in [0.15, 0.2) is 11.0 Å². The third-order valence-electron chi connectivity index (χ3n) is 6.69. The van der Waals surface area contributed by atoms with Gasteiger partial charge in [-0.05, 0) is 93.3 Å². The average Bonchev–Trinajstić information content (AvgIpc) is 2.82. The van der Waals surface area contributed by atoms with E-state index in [1.165, 1.54) is 62.0 Å². The Morgan fingerprint density at radius 2 is 1.29 bits per heavy atom. The zero-order valence-corrected chi connectivity index (χ0v) is 22.1. The molecule has 0 aliphatic carbocycles. The van der Waals surface area contributed by atoms with Crippen molar-refractivity contribution >= 4 is 23.1 Å². The lowest BCUT2D eigenvalue weighted by Crippen LogP contribution is -2.15. The summed E-state index contributed by atoms with van der Waals surface area (Å²) in [7, 11) is 2.15. The summed E-state index contributed by atoms with van der Waals surface area (Å²) < 4.78 is 0. The molecule has 4 rings (SSSR count). The summed E-state index contributed by atoms with van der Waals surface area (Å²) in [6, 6.07) is 15.6. The van der Waals surface area contributed by atoms with Crippen molar-refractivity contribution in [3.63, 3.8) is 0 Å². The van der Waals surface area contributed by atoms with Gasteiger partial charge in [-0.1, -0.05) is 53.2 Å². The minimum absolute atomic E-state index is 0.740. The summed E-state index contributed by atoms with van der Waals surface area (Å²) in [5.74, 6) is 0.743. The van der Waals surface area contributed by atoms with Crippen LogP contribution in [0.5, 0.6) is 0 Å². The van der Waals surface area contributed by atoms with Crippen LogP contribution < -0.4 is 4.90 Å². The van der Waals surface area contributed by atoms with Crippen molar-refractivity contribution in [3.8, 4) is 22.5 Å². The quantitative estimate of drug-likeness (QED) is 0.283. The first-order valence-electron chi connectivity index (χ1n) is 11.5. The predicted octanol–water partition coefficient (Wildman–Crippen LogP) is 7.55. The maximum absolute atomic E-state index is 4.68. The molecule has 4 aromatic rings. The van der Waals surface area contributed by atoms with Crippen LogP contribution in [0.2, 0.25) is 0 Å². The van der Waals surface area contributed by atoms with Crippen LogP contribution in [-0.4, -0.2) is 28.3 Å². The number of hydrogen-bond acceptors (Lipinski definition) is 5. The lowest BCUT2D eigenvalue weighted by Gasteiger charge is -2.28.